The van der Waals surface area contributed by atoms with E-state index in [9.17, 15) is 0 Å². The van der Waals surface area contributed by atoms with Crippen molar-refractivity contribution in [3.05, 3.63) is 0 Å². The van der Waals surface area contributed by atoms with Crippen molar-refractivity contribution in [1.29, 1.82) is 0 Å². The Labute approximate surface area is 347 Å². The average molecular weight is 867 g/mol. The maximum atomic E-state index is 7.63. The van der Waals surface area contributed by atoms with Crippen LogP contribution in [0.1, 0.15) is 131 Å². The Morgan fingerprint density at radius 1 is 0.255 bits per heavy atom. The van der Waals surface area contributed by atoms with Crippen LogP contribution in [-0.4, -0.2) is 108 Å². The summed E-state index contributed by atoms with van der Waals surface area (Å²) in [5.41, 5.74) is 0. The average Bonchev–Trinajstić information content (AvgIpc) is 3.11. The van der Waals surface area contributed by atoms with Gasteiger partial charge < -0.3 is 47.2 Å². The predicted octanol–water partition coefficient (Wildman–Crippen LogP) is 9.34. The molecule has 330 valence electrons. The Bertz CT molecular complexity index is 746. The molecule has 0 aromatic carbocycles. The lowest BCUT2D eigenvalue weighted by atomic mass is 10.3. The van der Waals surface area contributed by atoms with E-state index in [0.29, 0.717) is 0 Å². The molecule has 10 nitrogen and oxygen atoms in total. The summed E-state index contributed by atoms with van der Waals surface area (Å²) in [5.74, 6) is 0. The highest BCUT2D eigenvalue weighted by Crippen LogP contribution is 2.39. The van der Waals surface area contributed by atoms with Gasteiger partial charge in [-0.25, -0.2) is 0 Å². The summed E-state index contributed by atoms with van der Waals surface area (Å²) in [6, 6.07) is 4.76. The van der Waals surface area contributed by atoms with Crippen LogP contribution in [0, 0.1) is 0 Å². The van der Waals surface area contributed by atoms with Gasteiger partial charge in [-0.15, -0.1) is 0 Å². The van der Waals surface area contributed by atoms with Gasteiger partial charge in [0.25, 0.3) is 0 Å². The first-order chi connectivity index (χ1) is 26.3. The van der Waals surface area contributed by atoms with Crippen molar-refractivity contribution >= 4 is 42.8 Å². The van der Waals surface area contributed by atoms with Gasteiger partial charge in [0, 0.05) is 0 Å². The van der Waals surface area contributed by atoms with E-state index in [-0.39, 0.29) is 0 Å². The minimum absolute atomic E-state index is 0.952. The molecule has 1 saturated heterocycles. The molecule has 1 rings (SSSR count). The molecule has 55 heavy (non-hydrogen) atoms. The van der Waals surface area contributed by atoms with E-state index in [1.165, 1.54) is 64.2 Å². The van der Waals surface area contributed by atoms with Crippen LogP contribution in [0.15, 0.2) is 0 Å². The van der Waals surface area contributed by atoms with Gasteiger partial charge in [-0.3, -0.25) is 0 Å². The number of rotatable bonds is 35. The zero-order valence-corrected chi connectivity index (χ0v) is 43.3. The molecule has 1 aliphatic rings. The summed E-state index contributed by atoms with van der Waals surface area (Å²) >= 11 is 0. The minimum atomic E-state index is -2.75. The minimum Gasteiger partial charge on any atom is -0.416 e. The summed E-state index contributed by atoms with van der Waals surface area (Å²) in [7, 11) is -13.7. The largest absolute Gasteiger partial charge is 0.416 e. The highest BCUT2D eigenvalue weighted by atomic mass is 28.5. The number of hydrogen-bond acceptors (Lipinski definition) is 10. The highest BCUT2D eigenvalue weighted by Gasteiger charge is 2.56. The predicted molar refractivity (Wildman–Crippen MR) is 250 cm³/mol. The van der Waals surface area contributed by atoms with E-state index >= 15 is 0 Å². The molecule has 1 aliphatic heterocycles. The summed E-state index contributed by atoms with van der Waals surface area (Å²) in [6.07, 6.45) is 17.4. The van der Waals surface area contributed by atoms with Crippen LogP contribution in [0.4, 0.5) is 0 Å². The van der Waals surface area contributed by atoms with E-state index < -0.39 is 42.8 Å². The lowest BCUT2D eigenvalue weighted by molar-refractivity contribution is 0.220. The molecule has 0 amide bonds. The summed E-state index contributed by atoms with van der Waals surface area (Å²) in [4.78, 5) is 0. The highest BCUT2D eigenvalue weighted by molar-refractivity contribution is 6.94. The van der Waals surface area contributed by atoms with E-state index in [0.717, 1.165) is 128 Å². The third-order valence-corrected chi connectivity index (χ3v) is 34.2. The van der Waals surface area contributed by atoms with Crippen molar-refractivity contribution < 1.29 is 20.6 Å². The van der Waals surface area contributed by atoms with Crippen LogP contribution in [0.3, 0.4) is 0 Å². The molecule has 1 heterocycles. The van der Waals surface area contributed by atoms with Crippen molar-refractivity contribution in [2.75, 3.05) is 65.4 Å². The van der Waals surface area contributed by atoms with Crippen molar-refractivity contribution in [3.63, 3.8) is 0 Å². The van der Waals surface area contributed by atoms with Gasteiger partial charge in [-0.2, -0.15) is 0 Å². The molecule has 0 unspecified atom stereocenters. The Morgan fingerprint density at radius 3 is 0.545 bits per heavy atom. The smallest absolute Gasteiger partial charge is 0.317 e. The van der Waals surface area contributed by atoms with Gasteiger partial charge in [0.2, 0.25) is 0 Å². The van der Waals surface area contributed by atoms with E-state index in [4.69, 9.17) is 20.6 Å². The molecule has 0 atom stereocenters. The summed E-state index contributed by atoms with van der Waals surface area (Å²) in [6.45, 7) is 33.4. The molecule has 0 aromatic heterocycles. The molecule has 0 bridgehead atoms. The fourth-order valence-corrected chi connectivity index (χ4v) is 36.9. The molecule has 1 fully saturated rings. The van der Waals surface area contributed by atoms with Crippen LogP contribution in [0.5, 0.6) is 0 Å². The lowest BCUT2D eigenvalue weighted by Crippen LogP contribution is -2.67. The van der Waals surface area contributed by atoms with Crippen LogP contribution in [-0.2, 0) is 20.6 Å². The number of nitrogens with one attached hydrogen (secondary N) is 5. The van der Waals surface area contributed by atoms with Crippen LogP contribution in [0.2, 0.25) is 63.0 Å². The number of hydrogen-bond donors (Lipinski definition) is 5. The van der Waals surface area contributed by atoms with Crippen molar-refractivity contribution in [2.24, 2.45) is 0 Å². The molecule has 0 aliphatic carbocycles. The Morgan fingerprint density at radius 2 is 0.400 bits per heavy atom. The first-order valence-corrected chi connectivity index (χ1v) is 36.0. The first kappa shape index (κ1) is 53.7. The summed E-state index contributed by atoms with van der Waals surface area (Å²) < 4.78 is 38.2. The van der Waals surface area contributed by atoms with Crippen LogP contribution < -0.4 is 26.6 Å². The standard InChI is InChI=1S/C40H95N5O5Si5/c1-11-16-26-41-31-21-36-51(6)46-52(7,37-22-32-42-27-17-12-2)48-54(9,39-24-34-44-29-19-14-4)50-55(10,40-25-35-45-30-20-15-5)49-53(8,47-51)38-23-33-43-28-18-13-3/h41-45H,11-40H2,1-10H3. The summed E-state index contributed by atoms with van der Waals surface area (Å²) in [5, 5.41) is 18.5. The molecule has 15 heteroatoms. The van der Waals surface area contributed by atoms with Crippen molar-refractivity contribution in [3.8, 4) is 0 Å². The maximum Gasteiger partial charge on any atom is 0.317 e. The monoisotopic (exact) mass is 866 g/mol. The fraction of sp³-hybridized carbons (Fsp3) is 1.00. The molecular weight excluding hydrogens is 771 g/mol. The normalized spacial score (nSPS) is 27.8. The molecule has 0 radical (unpaired) electrons. The van der Waals surface area contributed by atoms with Gasteiger partial charge in [0.15, 0.2) is 0 Å². The maximum absolute atomic E-state index is 7.63. The van der Waals surface area contributed by atoms with Crippen molar-refractivity contribution in [2.45, 2.75) is 194 Å². The Hall–Kier alpha value is 0.684. The van der Waals surface area contributed by atoms with Crippen molar-refractivity contribution in [1.82, 2.24) is 26.6 Å². The fourth-order valence-electron chi connectivity index (χ4n) is 7.70. The zero-order chi connectivity index (χ0) is 40.8. The van der Waals surface area contributed by atoms with Gasteiger partial charge in [0.05, 0.1) is 0 Å². The van der Waals surface area contributed by atoms with Gasteiger partial charge in [0.1, 0.15) is 0 Å². The van der Waals surface area contributed by atoms with Crippen LogP contribution in [0.25, 0.3) is 0 Å². The molecular formula is C40H95N5O5Si5. The SMILES string of the molecule is CCCCNCCC[Si]1(C)O[Si](C)(CCCNCCCC)O[Si](C)(CCCNCCCC)O[Si](C)(CCCNCCCC)O[Si](C)(CCCNCCCC)O1. The molecule has 5 N–H and O–H groups in total. The Kier molecular flexibility index (Phi) is 30.8. The second-order valence-electron chi connectivity index (χ2n) is 17.2. The molecule has 0 aromatic rings. The molecule has 0 spiro atoms. The lowest BCUT2D eigenvalue weighted by Gasteiger charge is -2.50. The zero-order valence-electron chi connectivity index (χ0n) is 38.3. The topological polar surface area (TPSA) is 106 Å². The quantitative estimate of drug-likeness (QED) is 0.0313. The Balaban J connectivity index is 3.60. The van der Waals surface area contributed by atoms with Gasteiger partial charge in [-0.05, 0) is 193 Å². The first-order valence-electron chi connectivity index (χ1n) is 23.4. The van der Waals surface area contributed by atoms with Crippen LogP contribution >= 0.6 is 0 Å². The third kappa shape index (κ3) is 26.5. The second-order valence-corrected chi connectivity index (χ2v) is 35.1. The third-order valence-electron chi connectivity index (χ3n) is 10.6. The molecule has 0 saturated carbocycles. The second kappa shape index (κ2) is 31.5. The van der Waals surface area contributed by atoms with E-state index in [2.05, 4.69) is 93.9 Å². The van der Waals surface area contributed by atoms with E-state index in [1.807, 2.05) is 0 Å². The van der Waals surface area contributed by atoms with E-state index in [1.54, 1.807) is 0 Å². The number of unbranched alkanes of at least 4 members (excludes halogenated alkanes) is 5. The van der Waals surface area contributed by atoms with Gasteiger partial charge in [-0.1, -0.05) is 66.7 Å². The van der Waals surface area contributed by atoms with Gasteiger partial charge >= 0.3 is 42.8 Å².